The maximum Gasteiger partial charge on any atom is 0.494 e. The third-order valence-electron chi connectivity index (χ3n) is 10.2. The fourth-order valence-corrected chi connectivity index (χ4v) is 9.50. The molecule has 3 aromatic rings. The van der Waals surface area contributed by atoms with Crippen LogP contribution < -0.4 is 5.46 Å². The van der Waals surface area contributed by atoms with Crippen molar-refractivity contribution in [1.82, 2.24) is 0 Å². The van der Waals surface area contributed by atoms with Crippen LogP contribution in [0.1, 0.15) is 86.5 Å². The third-order valence-corrected chi connectivity index (χ3v) is 11.7. The van der Waals surface area contributed by atoms with Crippen LogP contribution in [0.5, 0.6) is 0 Å². The van der Waals surface area contributed by atoms with Crippen molar-refractivity contribution in [1.29, 1.82) is 0 Å². The van der Waals surface area contributed by atoms with E-state index >= 15 is 0 Å². The highest BCUT2D eigenvalue weighted by molar-refractivity contribution is 8.00. The first-order valence-corrected chi connectivity index (χ1v) is 16.2. The lowest BCUT2D eigenvalue weighted by molar-refractivity contribution is 0.00578. The number of hydrogen-bond acceptors (Lipinski definition) is 3. The van der Waals surface area contributed by atoms with Gasteiger partial charge in [0.1, 0.15) is 0 Å². The zero-order valence-corrected chi connectivity index (χ0v) is 25.6. The Labute approximate surface area is 240 Å². The zero-order chi connectivity index (χ0) is 27.4. The molecule has 4 heteroatoms. The Balaban J connectivity index is 0.00000135. The van der Waals surface area contributed by atoms with E-state index in [1.165, 1.54) is 71.7 Å². The van der Waals surface area contributed by atoms with Crippen molar-refractivity contribution in [3.63, 3.8) is 0 Å². The van der Waals surface area contributed by atoms with E-state index in [0.29, 0.717) is 4.75 Å². The van der Waals surface area contributed by atoms with Crippen LogP contribution in [0.4, 0.5) is 0 Å². The van der Waals surface area contributed by atoms with Gasteiger partial charge in [-0.3, -0.25) is 0 Å². The summed E-state index contributed by atoms with van der Waals surface area (Å²) in [5.74, 6) is 2.97. The molecule has 3 aromatic carbocycles. The molecule has 8 rings (SSSR count). The minimum Gasteiger partial charge on any atom is -0.399 e. The van der Waals surface area contributed by atoms with Gasteiger partial charge in [-0.05, 0) is 123 Å². The first kappa shape index (κ1) is 27.4. The van der Waals surface area contributed by atoms with Gasteiger partial charge in [-0.2, -0.15) is 0 Å². The van der Waals surface area contributed by atoms with Crippen molar-refractivity contribution in [2.45, 2.75) is 107 Å². The van der Waals surface area contributed by atoms with Gasteiger partial charge in [0.15, 0.2) is 0 Å². The minimum atomic E-state index is -0.324. The maximum absolute atomic E-state index is 6.27. The minimum absolute atomic E-state index is 0.322. The molecular formula is C35H45BO2S. The Bertz CT molecular complexity index is 1300. The summed E-state index contributed by atoms with van der Waals surface area (Å²) in [5.41, 5.74) is 3.01. The molecule has 206 valence electrons. The lowest BCUT2D eigenvalue weighted by atomic mass is 9.67. The Kier molecular flexibility index (Phi) is 7.22. The highest BCUT2D eigenvalue weighted by Gasteiger charge is 2.52. The van der Waals surface area contributed by atoms with Crippen molar-refractivity contribution in [3.8, 4) is 11.1 Å². The molecule has 2 atom stereocenters. The summed E-state index contributed by atoms with van der Waals surface area (Å²) in [6.07, 6.45) is 10.3. The van der Waals surface area contributed by atoms with Crippen LogP contribution in [0.3, 0.4) is 0 Å². The second kappa shape index (κ2) is 10.3. The molecule has 0 amide bonds. The molecule has 0 radical (unpaired) electrons. The lowest BCUT2D eigenvalue weighted by Gasteiger charge is -2.48. The van der Waals surface area contributed by atoms with Crippen molar-refractivity contribution >= 4 is 35.1 Å². The molecule has 1 saturated heterocycles. The van der Waals surface area contributed by atoms with E-state index < -0.39 is 0 Å². The zero-order valence-electron chi connectivity index (χ0n) is 24.8. The highest BCUT2D eigenvalue weighted by Crippen LogP contribution is 2.59. The molecule has 4 saturated carbocycles. The average Bonchev–Trinajstić information content (AvgIpc) is 2.99. The number of hydrogen-bond donors (Lipinski definition) is 0. The molecule has 5 aliphatic rings. The van der Waals surface area contributed by atoms with E-state index in [-0.39, 0.29) is 18.3 Å². The first-order valence-electron chi connectivity index (χ1n) is 15.4. The summed E-state index contributed by atoms with van der Waals surface area (Å²) < 4.78 is 13.1. The summed E-state index contributed by atoms with van der Waals surface area (Å²) in [5, 5.41) is 2.47. The Morgan fingerprint density at radius 1 is 0.667 bits per heavy atom. The van der Waals surface area contributed by atoms with Crippen molar-refractivity contribution in [2.24, 2.45) is 17.8 Å². The molecule has 1 heterocycles. The molecule has 1 aliphatic heterocycles. The van der Waals surface area contributed by atoms with Crippen molar-refractivity contribution < 1.29 is 9.31 Å². The third kappa shape index (κ3) is 5.22. The van der Waals surface area contributed by atoms with Crippen LogP contribution >= 0.6 is 11.8 Å². The summed E-state index contributed by atoms with van der Waals surface area (Å²) >= 11 is 2.21. The topological polar surface area (TPSA) is 18.5 Å². The first-order chi connectivity index (χ1) is 18.7. The Hall–Kier alpha value is -1.75. The molecule has 4 bridgehead atoms. The SMILES string of the molecule is CC.CC1(C)OB(c2ccc3cc(-c4ccc(SC56CC7CCC(CC(C7)C5)C6)cc4)ccc3c2)OC1(C)C. The fourth-order valence-electron chi connectivity index (χ4n) is 7.77. The van der Waals surface area contributed by atoms with E-state index in [0.717, 1.165) is 23.2 Å². The van der Waals surface area contributed by atoms with Crippen molar-refractivity contribution in [2.75, 3.05) is 0 Å². The number of benzene rings is 3. The summed E-state index contributed by atoms with van der Waals surface area (Å²) in [6.45, 7) is 12.4. The van der Waals surface area contributed by atoms with Crippen molar-refractivity contribution in [3.05, 3.63) is 60.7 Å². The van der Waals surface area contributed by atoms with Gasteiger partial charge >= 0.3 is 7.12 Å². The number of fused-ring (bicyclic) bond motifs is 2. The van der Waals surface area contributed by atoms with Crippen LogP contribution in [0.15, 0.2) is 65.6 Å². The maximum atomic E-state index is 6.27. The van der Waals surface area contributed by atoms with Gasteiger partial charge in [0.25, 0.3) is 0 Å². The molecule has 5 fully saturated rings. The fraction of sp³-hybridized carbons (Fsp3) is 0.543. The molecule has 2 unspecified atom stereocenters. The second-order valence-electron chi connectivity index (χ2n) is 13.5. The monoisotopic (exact) mass is 540 g/mol. The smallest absolute Gasteiger partial charge is 0.399 e. The van der Waals surface area contributed by atoms with Crippen LogP contribution in [0.2, 0.25) is 0 Å². The van der Waals surface area contributed by atoms with Gasteiger partial charge in [-0.1, -0.05) is 69.2 Å². The van der Waals surface area contributed by atoms with Gasteiger partial charge in [0.05, 0.1) is 11.2 Å². The van der Waals surface area contributed by atoms with E-state index in [1.54, 1.807) is 0 Å². The number of rotatable bonds is 4. The molecule has 0 spiro atoms. The van der Waals surface area contributed by atoms with Gasteiger partial charge in [-0.15, -0.1) is 11.8 Å². The second-order valence-corrected chi connectivity index (χ2v) is 15.0. The average molecular weight is 541 g/mol. The molecule has 4 aliphatic carbocycles. The normalized spacial score (nSPS) is 30.2. The van der Waals surface area contributed by atoms with E-state index in [4.69, 9.17) is 9.31 Å². The summed E-state index contributed by atoms with van der Waals surface area (Å²) in [4.78, 5) is 1.46. The Morgan fingerprint density at radius 2 is 1.21 bits per heavy atom. The molecule has 0 aromatic heterocycles. The molecular weight excluding hydrogens is 495 g/mol. The molecule has 0 N–H and O–H groups in total. The van der Waals surface area contributed by atoms with Gasteiger partial charge in [0, 0.05) is 9.64 Å². The predicted molar refractivity (Wildman–Crippen MR) is 168 cm³/mol. The molecule has 39 heavy (non-hydrogen) atoms. The lowest BCUT2D eigenvalue weighted by Crippen LogP contribution is -2.41. The van der Waals surface area contributed by atoms with Gasteiger partial charge in [0.2, 0.25) is 0 Å². The van der Waals surface area contributed by atoms with Crippen LogP contribution in [0, 0.1) is 17.8 Å². The summed E-state index contributed by atoms with van der Waals surface area (Å²) in [6, 6.07) is 22.8. The van der Waals surface area contributed by atoms with Gasteiger partial charge in [-0.25, -0.2) is 0 Å². The van der Waals surface area contributed by atoms with Crippen LogP contribution in [-0.4, -0.2) is 23.1 Å². The van der Waals surface area contributed by atoms with E-state index in [1.807, 2.05) is 13.8 Å². The predicted octanol–water partition coefficient (Wildman–Crippen LogP) is 9.28. The van der Waals surface area contributed by atoms with Gasteiger partial charge < -0.3 is 9.31 Å². The van der Waals surface area contributed by atoms with E-state index in [2.05, 4.69) is 100 Å². The largest absolute Gasteiger partial charge is 0.494 e. The standard InChI is InChI=1S/C33H39BO2S.C2H6/c1-31(2)32(3,4)36-34(35-31)29-12-9-27-17-26(7-8-28(27)18-29)25-10-13-30(14-11-25)37-33-19-22-5-6-23(20-33)16-24(15-22)21-33;1-2/h7-14,17-18,22-24H,5-6,15-16,19-21H2,1-4H3;1-2H3. The van der Waals surface area contributed by atoms with E-state index in [9.17, 15) is 0 Å². The highest BCUT2D eigenvalue weighted by atomic mass is 32.2. The summed E-state index contributed by atoms with van der Waals surface area (Å²) in [7, 11) is -0.322. The Morgan fingerprint density at radius 3 is 1.85 bits per heavy atom. The van der Waals surface area contributed by atoms with Crippen LogP contribution in [-0.2, 0) is 9.31 Å². The molecule has 2 nitrogen and oxygen atoms in total. The van der Waals surface area contributed by atoms with Crippen LogP contribution in [0.25, 0.3) is 21.9 Å². The number of thioether (sulfide) groups is 1. The quantitative estimate of drug-likeness (QED) is 0.307.